The van der Waals surface area contributed by atoms with Gasteiger partial charge in [0.2, 0.25) is 0 Å². The number of hydrogen-bond acceptors (Lipinski definition) is 1. The van der Waals surface area contributed by atoms with Gasteiger partial charge in [-0.25, -0.2) is 0 Å². The van der Waals surface area contributed by atoms with Gasteiger partial charge in [0.1, 0.15) is 5.78 Å². The molecular weight excluding hydrogens is 148 g/mol. The minimum absolute atomic E-state index is 0.341. The second-order valence-electron chi connectivity index (χ2n) is 3.93. The van der Waals surface area contributed by atoms with Crippen molar-refractivity contribution in [3.63, 3.8) is 0 Å². The molecule has 1 rings (SSSR count). The van der Waals surface area contributed by atoms with Crippen LogP contribution in [0.25, 0.3) is 0 Å². The molecule has 1 aliphatic carbocycles. The summed E-state index contributed by atoms with van der Waals surface area (Å²) in [6.07, 6.45) is 7.45. The number of hydrogen-bond donors (Lipinski definition) is 0. The number of carbonyl (C=O) groups excluding carboxylic acids is 1. The zero-order valence-electron chi connectivity index (χ0n) is 8.10. The lowest BCUT2D eigenvalue weighted by Gasteiger charge is -2.18. The number of rotatable bonds is 2. The summed E-state index contributed by atoms with van der Waals surface area (Å²) in [4.78, 5) is 11.4. The molecule has 1 atom stereocenters. The van der Waals surface area contributed by atoms with Crippen LogP contribution in [-0.2, 0) is 4.79 Å². The highest BCUT2D eigenvalue weighted by atomic mass is 16.1. The van der Waals surface area contributed by atoms with Gasteiger partial charge in [0, 0.05) is 12.3 Å². The average Bonchev–Trinajstić information content (AvgIpc) is 2.03. The fraction of sp³-hybridized carbons (Fsp3) is 0.727. The van der Waals surface area contributed by atoms with Crippen molar-refractivity contribution in [1.82, 2.24) is 0 Å². The Balaban J connectivity index is 2.39. The largest absolute Gasteiger partial charge is 0.299 e. The Morgan fingerprint density at radius 3 is 2.83 bits per heavy atom. The first-order valence-electron chi connectivity index (χ1n) is 4.86. The van der Waals surface area contributed by atoms with Gasteiger partial charge in [-0.05, 0) is 33.1 Å². The van der Waals surface area contributed by atoms with E-state index in [1.807, 2.05) is 0 Å². The van der Waals surface area contributed by atoms with E-state index in [4.69, 9.17) is 0 Å². The van der Waals surface area contributed by atoms with Crippen LogP contribution in [0.3, 0.4) is 0 Å². The number of Topliss-reactive ketones (excluding diaryl/α,β-unsaturated/α-hetero) is 1. The molecule has 0 saturated heterocycles. The monoisotopic (exact) mass is 166 g/mol. The molecule has 1 heteroatoms. The molecule has 0 radical (unpaired) electrons. The Bertz CT molecular complexity index is 187. The molecule has 0 heterocycles. The summed E-state index contributed by atoms with van der Waals surface area (Å²) in [5.41, 5.74) is 1.33. The molecule has 0 N–H and O–H groups in total. The lowest BCUT2D eigenvalue weighted by Crippen LogP contribution is -2.18. The van der Waals surface area contributed by atoms with Crippen molar-refractivity contribution in [3.8, 4) is 0 Å². The lowest BCUT2D eigenvalue weighted by molar-refractivity contribution is -0.124. The molecule has 0 spiro atoms. The van der Waals surface area contributed by atoms with E-state index in [1.54, 1.807) is 0 Å². The van der Waals surface area contributed by atoms with Gasteiger partial charge in [0.25, 0.3) is 0 Å². The predicted octanol–water partition coefficient (Wildman–Crippen LogP) is 3.10. The molecule has 1 fully saturated rings. The molecular formula is C11H18O. The van der Waals surface area contributed by atoms with Gasteiger partial charge in [-0.3, -0.25) is 4.79 Å². The SMILES string of the molecule is CC(C)=CC[C@@H]1CCCCC1=O. The third-order valence-electron chi connectivity index (χ3n) is 2.49. The molecule has 0 amide bonds. The van der Waals surface area contributed by atoms with Gasteiger partial charge in [-0.2, -0.15) is 0 Å². The van der Waals surface area contributed by atoms with Gasteiger partial charge in [0.15, 0.2) is 0 Å². The highest BCUT2D eigenvalue weighted by molar-refractivity contribution is 5.81. The summed E-state index contributed by atoms with van der Waals surface area (Å²) < 4.78 is 0. The Hall–Kier alpha value is -0.590. The van der Waals surface area contributed by atoms with Gasteiger partial charge in [-0.15, -0.1) is 0 Å². The molecule has 0 bridgehead atoms. The van der Waals surface area contributed by atoms with Crippen molar-refractivity contribution >= 4 is 5.78 Å². The van der Waals surface area contributed by atoms with Gasteiger partial charge >= 0.3 is 0 Å². The van der Waals surface area contributed by atoms with Crippen LogP contribution < -0.4 is 0 Å². The smallest absolute Gasteiger partial charge is 0.136 e. The Morgan fingerprint density at radius 2 is 2.25 bits per heavy atom. The van der Waals surface area contributed by atoms with Crippen molar-refractivity contribution in [2.75, 3.05) is 0 Å². The van der Waals surface area contributed by atoms with Crippen LogP contribution in [0.5, 0.6) is 0 Å². The lowest BCUT2D eigenvalue weighted by atomic mass is 9.85. The first kappa shape index (κ1) is 9.50. The fourth-order valence-corrected chi connectivity index (χ4v) is 1.68. The topological polar surface area (TPSA) is 17.1 Å². The van der Waals surface area contributed by atoms with Crippen LogP contribution in [0.4, 0.5) is 0 Å². The summed E-state index contributed by atoms with van der Waals surface area (Å²) in [6, 6.07) is 0. The molecule has 0 aromatic carbocycles. The maximum atomic E-state index is 11.4. The van der Waals surface area contributed by atoms with Crippen LogP contribution in [0.1, 0.15) is 46.0 Å². The molecule has 0 unspecified atom stereocenters. The molecule has 0 aromatic rings. The first-order valence-corrected chi connectivity index (χ1v) is 4.86. The second kappa shape index (κ2) is 4.44. The minimum Gasteiger partial charge on any atom is -0.299 e. The first-order chi connectivity index (χ1) is 5.70. The summed E-state index contributed by atoms with van der Waals surface area (Å²) in [6.45, 7) is 4.18. The van der Waals surface area contributed by atoms with Crippen molar-refractivity contribution in [2.24, 2.45) is 5.92 Å². The predicted molar refractivity (Wildman–Crippen MR) is 51.0 cm³/mol. The molecule has 1 aliphatic rings. The van der Waals surface area contributed by atoms with Crippen LogP contribution in [0.15, 0.2) is 11.6 Å². The number of carbonyl (C=O) groups is 1. The van der Waals surface area contributed by atoms with E-state index in [-0.39, 0.29) is 0 Å². The van der Waals surface area contributed by atoms with E-state index in [0.717, 1.165) is 25.7 Å². The van der Waals surface area contributed by atoms with E-state index in [1.165, 1.54) is 12.0 Å². The quantitative estimate of drug-likeness (QED) is 0.576. The zero-order chi connectivity index (χ0) is 8.97. The molecule has 68 valence electrons. The maximum absolute atomic E-state index is 11.4. The fourth-order valence-electron chi connectivity index (χ4n) is 1.68. The molecule has 1 nitrogen and oxygen atoms in total. The number of ketones is 1. The van der Waals surface area contributed by atoms with Gasteiger partial charge in [-0.1, -0.05) is 18.1 Å². The van der Waals surface area contributed by atoms with Crippen LogP contribution in [0, 0.1) is 5.92 Å². The Kier molecular flexibility index (Phi) is 3.51. The second-order valence-corrected chi connectivity index (χ2v) is 3.93. The highest BCUT2D eigenvalue weighted by Crippen LogP contribution is 2.23. The van der Waals surface area contributed by atoms with E-state index in [2.05, 4.69) is 19.9 Å². The van der Waals surface area contributed by atoms with Gasteiger partial charge < -0.3 is 0 Å². The van der Waals surface area contributed by atoms with Crippen molar-refractivity contribution < 1.29 is 4.79 Å². The third kappa shape index (κ3) is 2.80. The van der Waals surface area contributed by atoms with Gasteiger partial charge in [0.05, 0.1) is 0 Å². The standard InChI is InChI=1S/C11H18O/c1-9(2)7-8-10-5-3-4-6-11(10)12/h7,10H,3-6,8H2,1-2H3/t10-/m0/s1. The van der Waals surface area contributed by atoms with Crippen molar-refractivity contribution in [1.29, 1.82) is 0 Å². The highest BCUT2D eigenvalue weighted by Gasteiger charge is 2.20. The van der Waals surface area contributed by atoms with Crippen LogP contribution in [0.2, 0.25) is 0 Å². The van der Waals surface area contributed by atoms with E-state index < -0.39 is 0 Å². The Labute approximate surface area is 74.9 Å². The summed E-state index contributed by atoms with van der Waals surface area (Å²) in [5.74, 6) is 0.826. The van der Waals surface area contributed by atoms with E-state index in [9.17, 15) is 4.79 Å². The third-order valence-corrected chi connectivity index (χ3v) is 2.49. The van der Waals surface area contributed by atoms with E-state index in [0.29, 0.717) is 11.7 Å². The summed E-state index contributed by atoms with van der Waals surface area (Å²) in [7, 11) is 0. The van der Waals surface area contributed by atoms with Crippen LogP contribution >= 0.6 is 0 Å². The summed E-state index contributed by atoms with van der Waals surface area (Å²) in [5, 5.41) is 0. The molecule has 0 aromatic heterocycles. The molecule has 1 saturated carbocycles. The summed E-state index contributed by atoms with van der Waals surface area (Å²) >= 11 is 0. The van der Waals surface area contributed by atoms with Crippen molar-refractivity contribution in [2.45, 2.75) is 46.0 Å². The van der Waals surface area contributed by atoms with Crippen molar-refractivity contribution in [3.05, 3.63) is 11.6 Å². The number of allylic oxidation sites excluding steroid dienone is 2. The van der Waals surface area contributed by atoms with E-state index >= 15 is 0 Å². The maximum Gasteiger partial charge on any atom is 0.136 e. The normalized spacial score (nSPS) is 23.8. The molecule has 12 heavy (non-hydrogen) atoms. The minimum atomic E-state index is 0.341. The Morgan fingerprint density at radius 1 is 1.50 bits per heavy atom. The zero-order valence-corrected chi connectivity index (χ0v) is 8.10. The van der Waals surface area contributed by atoms with Crippen LogP contribution in [-0.4, -0.2) is 5.78 Å². The molecule has 0 aliphatic heterocycles. The average molecular weight is 166 g/mol.